The first kappa shape index (κ1) is 15.4. The Morgan fingerprint density at radius 2 is 2.30 bits per heavy atom. The molecule has 1 N–H and O–H groups in total. The summed E-state index contributed by atoms with van der Waals surface area (Å²) in [6, 6.07) is 0.257. The van der Waals surface area contributed by atoms with E-state index in [0.29, 0.717) is 25.0 Å². The zero-order valence-corrected chi connectivity index (χ0v) is 13.0. The predicted octanol–water partition coefficient (Wildman–Crippen LogP) is 1.79. The predicted molar refractivity (Wildman–Crippen MR) is 80.6 cm³/mol. The van der Waals surface area contributed by atoms with Crippen LogP contribution in [0.1, 0.15) is 20.8 Å². The van der Waals surface area contributed by atoms with Crippen LogP contribution in [0.4, 0.5) is 0 Å². The van der Waals surface area contributed by atoms with Crippen molar-refractivity contribution in [2.45, 2.75) is 38.4 Å². The zero-order valence-electron chi connectivity index (χ0n) is 12.2. The number of aliphatic imine (C=N–C) groups is 1. The maximum absolute atomic E-state index is 10.9. The number of amidine groups is 1. The number of hydrogen-bond donors (Lipinski definition) is 1. The van der Waals surface area contributed by atoms with Crippen LogP contribution in [0.2, 0.25) is 0 Å². The highest BCUT2D eigenvalue weighted by Gasteiger charge is 2.46. The molecule has 0 radical (unpaired) electrons. The van der Waals surface area contributed by atoms with E-state index < -0.39 is 0 Å². The van der Waals surface area contributed by atoms with Crippen molar-refractivity contribution in [2.75, 3.05) is 13.2 Å². The van der Waals surface area contributed by atoms with Crippen molar-refractivity contribution in [1.82, 2.24) is 5.32 Å². The van der Waals surface area contributed by atoms with E-state index in [0.717, 1.165) is 5.17 Å². The van der Waals surface area contributed by atoms with Gasteiger partial charge < -0.3 is 14.8 Å². The van der Waals surface area contributed by atoms with Crippen LogP contribution < -0.4 is 5.32 Å². The lowest BCUT2D eigenvalue weighted by atomic mass is 9.83. The lowest BCUT2D eigenvalue weighted by Gasteiger charge is -2.40. The average molecular weight is 298 g/mol. The van der Waals surface area contributed by atoms with Crippen LogP contribution in [0.5, 0.6) is 0 Å². The van der Waals surface area contributed by atoms with Gasteiger partial charge in [0.2, 0.25) is 0 Å². The topological polar surface area (TPSA) is 59.9 Å². The monoisotopic (exact) mass is 298 g/mol. The van der Waals surface area contributed by atoms with Gasteiger partial charge >= 0.3 is 5.97 Å². The fourth-order valence-corrected chi connectivity index (χ4v) is 3.74. The van der Waals surface area contributed by atoms with Crippen molar-refractivity contribution in [2.24, 2.45) is 16.8 Å². The minimum atomic E-state index is -0.263. The summed E-state index contributed by atoms with van der Waals surface area (Å²) >= 11 is 1.61. The van der Waals surface area contributed by atoms with Gasteiger partial charge in [-0.3, -0.25) is 9.79 Å². The summed E-state index contributed by atoms with van der Waals surface area (Å²) in [4.78, 5) is 15.4. The quantitative estimate of drug-likeness (QED) is 0.633. The molecule has 6 heteroatoms. The van der Waals surface area contributed by atoms with Gasteiger partial charge in [-0.25, -0.2) is 0 Å². The van der Waals surface area contributed by atoms with Crippen molar-refractivity contribution in [3.63, 3.8) is 0 Å². The van der Waals surface area contributed by atoms with Crippen molar-refractivity contribution < 1.29 is 14.3 Å². The molecule has 0 aliphatic carbocycles. The second kappa shape index (κ2) is 6.63. The second-order valence-corrected chi connectivity index (χ2v) is 6.37. The summed E-state index contributed by atoms with van der Waals surface area (Å²) in [5.41, 5.74) is 0.0327. The zero-order chi connectivity index (χ0) is 14.7. The number of fused-ring (bicyclic) bond motifs is 1. The fraction of sp³-hybridized carbons (Fsp3) is 0.714. The highest BCUT2D eigenvalue weighted by Crippen LogP contribution is 2.39. The molecule has 2 fully saturated rings. The van der Waals surface area contributed by atoms with Gasteiger partial charge in [0, 0.05) is 6.92 Å². The van der Waals surface area contributed by atoms with E-state index in [1.54, 1.807) is 17.8 Å². The van der Waals surface area contributed by atoms with E-state index in [-0.39, 0.29) is 23.6 Å². The van der Waals surface area contributed by atoms with Gasteiger partial charge in [0.25, 0.3) is 0 Å². The van der Waals surface area contributed by atoms with Crippen LogP contribution in [0.25, 0.3) is 0 Å². The van der Waals surface area contributed by atoms with Gasteiger partial charge in [0.15, 0.2) is 5.17 Å². The number of carbonyl (C=O) groups is 1. The molecule has 0 aromatic carbocycles. The molecule has 20 heavy (non-hydrogen) atoms. The molecule has 2 heterocycles. The van der Waals surface area contributed by atoms with E-state index >= 15 is 0 Å². The van der Waals surface area contributed by atoms with Crippen LogP contribution in [0, 0.1) is 11.8 Å². The van der Waals surface area contributed by atoms with Gasteiger partial charge in [-0.15, -0.1) is 6.58 Å². The van der Waals surface area contributed by atoms with E-state index in [2.05, 4.69) is 30.7 Å². The molecule has 5 atom stereocenters. The normalized spacial score (nSPS) is 38.1. The van der Waals surface area contributed by atoms with Crippen LogP contribution >= 0.6 is 11.8 Å². The van der Waals surface area contributed by atoms with E-state index in [1.165, 1.54) is 6.92 Å². The summed E-state index contributed by atoms with van der Waals surface area (Å²) < 4.78 is 11.2. The standard InChI is InChI=1S/C14H22N2O3S/c1-5-6-15-14-16-12-9(3)8(2)11(7-18-10(4)17)19-13(12)20-14/h5,8-9,11-13H,1,6-7H2,2-4H3,(H,15,16)/t8-,9-,11+,12+,13+/m0/s1. The smallest absolute Gasteiger partial charge is 0.302 e. The van der Waals surface area contributed by atoms with E-state index in [4.69, 9.17) is 9.47 Å². The van der Waals surface area contributed by atoms with E-state index in [1.807, 2.05) is 0 Å². The van der Waals surface area contributed by atoms with Crippen molar-refractivity contribution in [3.8, 4) is 0 Å². The van der Waals surface area contributed by atoms with E-state index in [9.17, 15) is 4.79 Å². The Bertz CT molecular complexity index is 413. The molecule has 5 nitrogen and oxygen atoms in total. The fourth-order valence-electron chi connectivity index (χ4n) is 2.50. The van der Waals surface area contributed by atoms with Crippen LogP contribution in [-0.4, -0.2) is 41.9 Å². The molecule has 2 saturated heterocycles. The van der Waals surface area contributed by atoms with Crippen LogP contribution in [-0.2, 0) is 14.3 Å². The summed E-state index contributed by atoms with van der Waals surface area (Å²) in [5, 5.41) is 4.34. The number of nitrogens with zero attached hydrogens (tertiary/aromatic N) is 1. The minimum absolute atomic E-state index is 0.0327. The third-order valence-electron chi connectivity index (χ3n) is 3.92. The number of nitrogens with one attached hydrogen (secondary N) is 1. The molecule has 2 rings (SSSR count). The van der Waals surface area contributed by atoms with Crippen molar-refractivity contribution >= 4 is 22.9 Å². The van der Waals surface area contributed by atoms with Crippen LogP contribution in [0.3, 0.4) is 0 Å². The first-order valence-electron chi connectivity index (χ1n) is 6.90. The van der Waals surface area contributed by atoms with Gasteiger partial charge in [-0.05, 0) is 11.8 Å². The Hall–Kier alpha value is -1.01. The van der Waals surface area contributed by atoms with Gasteiger partial charge in [0.1, 0.15) is 12.0 Å². The summed E-state index contributed by atoms with van der Waals surface area (Å²) in [7, 11) is 0. The molecule has 112 valence electrons. The largest absolute Gasteiger partial charge is 0.463 e. The molecule has 0 spiro atoms. The Morgan fingerprint density at radius 1 is 1.55 bits per heavy atom. The second-order valence-electron chi connectivity index (χ2n) is 5.29. The maximum Gasteiger partial charge on any atom is 0.302 e. The number of thioether (sulfide) groups is 1. The molecule has 0 amide bonds. The SMILES string of the molecule is C=CCN=C1N[C@@H]2[C@@H](C)[C@H](C)[C@@H](COC(C)=O)O[C@@H]2S1. The highest BCUT2D eigenvalue weighted by atomic mass is 32.2. The Balaban J connectivity index is 2.01. The lowest BCUT2D eigenvalue weighted by molar-refractivity contribution is -0.153. The lowest BCUT2D eigenvalue weighted by Crippen LogP contribution is -2.52. The molecule has 0 bridgehead atoms. The number of rotatable bonds is 4. The number of carbonyl (C=O) groups excluding carboxylic acids is 1. The minimum Gasteiger partial charge on any atom is -0.463 e. The Kier molecular flexibility index (Phi) is 5.10. The van der Waals surface area contributed by atoms with Crippen molar-refractivity contribution in [1.29, 1.82) is 0 Å². The first-order chi connectivity index (χ1) is 9.52. The Morgan fingerprint density at radius 3 is 2.95 bits per heavy atom. The first-order valence-corrected chi connectivity index (χ1v) is 7.78. The van der Waals surface area contributed by atoms with Crippen molar-refractivity contribution in [3.05, 3.63) is 12.7 Å². The molecular formula is C14H22N2O3S. The average Bonchev–Trinajstić information content (AvgIpc) is 2.82. The third-order valence-corrected chi connectivity index (χ3v) is 5.02. The molecule has 0 aromatic rings. The van der Waals surface area contributed by atoms with Gasteiger partial charge in [-0.1, -0.05) is 31.7 Å². The molecule has 2 aliphatic rings. The third kappa shape index (κ3) is 3.35. The summed E-state index contributed by atoms with van der Waals surface area (Å²) in [5.74, 6) is 0.488. The number of ether oxygens (including phenoxy) is 2. The molecule has 0 aromatic heterocycles. The maximum atomic E-state index is 10.9. The van der Waals surface area contributed by atoms with Crippen LogP contribution in [0.15, 0.2) is 17.6 Å². The molecule has 0 saturated carbocycles. The molecular weight excluding hydrogens is 276 g/mol. The van der Waals surface area contributed by atoms with Gasteiger partial charge in [0.05, 0.1) is 18.7 Å². The summed E-state index contributed by atoms with van der Waals surface area (Å²) in [6.07, 6.45) is 1.72. The molecule has 2 aliphatic heterocycles. The van der Waals surface area contributed by atoms with Gasteiger partial charge in [-0.2, -0.15) is 0 Å². The Labute approximate surface area is 124 Å². The summed E-state index contributed by atoms with van der Waals surface area (Å²) in [6.45, 7) is 10.4. The molecule has 0 unspecified atom stereocenters. The number of hydrogen-bond acceptors (Lipinski definition) is 5. The number of esters is 1. The highest BCUT2D eigenvalue weighted by molar-refractivity contribution is 8.14.